The van der Waals surface area contributed by atoms with Crippen molar-refractivity contribution in [2.75, 3.05) is 7.11 Å². The van der Waals surface area contributed by atoms with Crippen LogP contribution in [-0.4, -0.2) is 12.4 Å². The van der Waals surface area contributed by atoms with Gasteiger partial charge in [-0.3, -0.25) is 0 Å². The highest BCUT2D eigenvalue weighted by atomic mass is 16.6. The molecule has 0 bridgehead atoms. The number of benzene rings is 1. The Labute approximate surface area is 86.5 Å². The maximum Gasteiger partial charge on any atom is 0.263 e. The van der Waals surface area contributed by atoms with Gasteiger partial charge in [-0.25, -0.2) is 0 Å². The molecule has 1 aromatic carbocycles. The van der Waals surface area contributed by atoms with Crippen molar-refractivity contribution in [3.05, 3.63) is 24.3 Å². The van der Waals surface area contributed by atoms with Gasteiger partial charge in [0.2, 0.25) is 0 Å². The van der Waals surface area contributed by atoms with Crippen molar-refractivity contribution in [3.8, 4) is 23.0 Å². The van der Waals surface area contributed by atoms with Gasteiger partial charge in [0, 0.05) is 0 Å². The average Bonchev–Trinajstić information content (AvgIpc) is 2.59. The van der Waals surface area contributed by atoms with Crippen LogP contribution >= 0.6 is 0 Å². The molecule has 1 aromatic heterocycles. The Hall–Kier alpha value is -2.04. The second-order valence-electron chi connectivity index (χ2n) is 3.06. The van der Waals surface area contributed by atoms with Gasteiger partial charge in [-0.1, -0.05) is 10.7 Å². The summed E-state index contributed by atoms with van der Waals surface area (Å²) in [6, 6.07) is 7.17. The number of hydrogen-bond donors (Lipinski definition) is 0. The van der Waals surface area contributed by atoms with Gasteiger partial charge in [0.05, 0.1) is 17.9 Å². The fourth-order valence-corrected chi connectivity index (χ4v) is 1.39. The molecule has 5 heteroatoms. The van der Waals surface area contributed by atoms with Crippen LogP contribution < -0.4 is 14.5 Å². The molecule has 0 atom stereocenters. The highest BCUT2D eigenvalue weighted by Crippen LogP contribution is 2.25. The topological polar surface area (TPSA) is 62.2 Å². The Morgan fingerprint density at radius 1 is 1.47 bits per heavy atom. The second kappa shape index (κ2) is 3.61. The van der Waals surface area contributed by atoms with Gasteiger partial charge in [-0.15, -0.1) is 0 Å². The maximum atomic E-state index is 11.3. The first-order valence-corrected chi connectivity index (χ1v) is 4.40. The van der Waals surface area contributed by atoms with Crippen molar-refractivity contribution >= 4 is 0 Å². The summed E-state index contributed by atoms with van der Waals surface area (Å²) in [5.74, 6) is 0.235. The smallest absolute Gasteiger partial charge is 0.263 e. The van der Waals surface area contributed by atoms with Crippen LogP contribution in [0.5, 0.6) is 11.7 Å². The van der Waals surface area contributed by atoms with E-state index in [0.717, 1.165) is 5.56 Å². The third-order valence-corrected chi connectivity index (χ3v) is 2.11. The number of methoxy groups -OCH3 is 1. The molecule has 0 aliphatic rings. The molecule has 0 saturated heterocycles. The van der Waals surface area contributed by atoms with E-state index in [1.54, 1.807) is 32.4 Å². The largest absolute Gasteiger partial charge is 0.539 e. The van der Waals surface area contributed by atoms with Crippen molar-refractivity contribution in [2.24, 2.45) is 7.05 Å². The van der Waals surface area contributed by atoms with Crippen molar-refractivity contribution in [3.63, 3.8) is 0 Å². The van der Waals surface area contributed by atoms with Crippen molar-refractivity contribution in [2.45, 2.75) is 0 Å². The van der Waals surface area contributed by atoms with Gasteiger partial charge in [0.25, 0.3) is 5.69 Å². The van der Waals surface area contributed by atoms with Crippen LogP contribution in [-0.2, 0) is 7.05 Å². The minimum absolute atomic E-state index is 0.411. The summed E-state index contributed by atoms with van der Waals surface area (Å²) in [6.07, 6.45) is 0. The van der Waals surface area contributed by atoms with Gasteiger partial charge >= 0.3 is 0 Å². The van der Waals surface area contributed by atoms with Crippen LogP contribution in [0.2, 0.25) is 0 Å². The van der Waals surface area contributed by atoms with Crippen molar-refractivity contribution in [1.82, 2.24) is 5.27 Å². The van der Waals surface area contributed by atoms with E-state index in [4.69, 9.17) is 4.74 Å². The number of nitrogens with zero attached hydrogens (tertiary/aromatic N) is 2. The van der Waals surface area contributed by atoms with Crippen molar-refractivity contribution in [1.29, 1.82) is 0 Å². The molecule has 15 heavy (non-hydrogen) atoms. The maximum absolute atomic E-state index is 11.3. The number of aryl methyl sites for hydroxylation is 1. The normalized spacial score (nSPS) is 10.3. The molecule has 0 aliphatic heterocycles. The third-order valence-electron chi connectivity index (χ3n) is 2.11. The summed E-state index contributed by atoms with van der Waals surface area (Å²) in [5.41, 5.74) is 1.14. The second-order valence-corrected chi connectivity index (χ2v) is 3.06. The van der Waals surface area contributed by atoms with Crippen LogP contribution in [0.25, 0.3) is 11.3 Å². The van der Waals surface area contributed by atoms with Gasteiger partial charge < -0.3 is 14.4 Å². The first kappa shape index (κ1) is 9.51. The van der Waals surface area contributed by atoms with Gasteiger partial charge in [-0.2, -0.15) is 0 Å². The fourth-order valence-electron chi connectivity index (χ4n) is 1.39. The lowest BCUT2D eigenvalue weighted by Gasteiger charge is -2.01. The lowest BCUT2D eigenvalue weighted by atomic mass is 10.1. The van der Waals surface area contributed by atoms with Crippen LogP contribution in [0.1, 0.15) is 0 Å². The van der Waals surface area contributed by atoms with E-state index in [1.807, 2.05) is 6.07 Å². The molecular formula is C10H10N2O3. The molecule has 0 saturated carbocycles. The predicted molar refractivity (Wildman–Crippen MR) is 49.1 cm³/mol. The Bertz CT molecular complexity index is 460. The molecule has 2 aromatic rings. The van der Waals surface area contributed by atoms with E-state index in [-0.39, 0.29) is 0 Å². The molecule has 5 nitrogen and oxygen atoms in total. The molecule has 78 valence electrons. The number of ether oxygens (including phenoxy) is 1. The monoisotopic (exact) mass is 206 g/mol. The van der Waals surface area contributed by atoms with E-state index < -0.39 is 5.95 Å². The van der Waals surface area contributed by atoms with Crippen LogP contribution in [0, 0.1) is 0 Å². The Morgan fingerprint density at radius 3 is 2.87 bits per heavy atom. The summed E-state index contributed by atoms with van der Waals surface area (Å²) in [4.78, 5) is 0. The average molecular weight is 206 g/mol. The minimum Gasteiger partial charge on any atom is -0.539 e. The third kappa shape index (κ3) is 1.63. The Balaban J connectivity index is 2.53. The standard InChI is InChI=1S/C10H10N2O3/c1-12-9(10(13)15-11-12)7-4-3-5-8(6-7)14-2/h3-6H,1-2H3. The van der Waals surface area contributed by atoms with Gasteiger partial charge in [0.1, 0.15) is 5.75 Å². The molecule has 0 amide bonds. The van der Waals surface area contributed by atoms with E-state index in [9.17, 15) is 5.11 Å². The summed E-state index contributed by atoms with van der Waals surface area (Å²) in [5, 5.41) is 14.9. The molecule has 2 rings (SSSR count). The lowest BCUT2D eigenvalue weighted by molar-refractivity contribution is -0.730. The minimum atomic E-state index is -0.453. The molecule has 0 fully saturated rings. The number of hydrogen-bond acceptors (Lipinski definition) is 4. The van der Waals surface area contributed by atoms with Crippen LogP contribution in [0.3, 0.4) is 0 Å². The zero-order valence-electron chi connectivity index (χ0n) is 8.43. The lowest BCUT2D eigenvalue weighted by Crippen LogP contribution is -2.32. The summed E-state index contributed by atoms with van der Waals surface area (Å²) in [7, 11) is 3.23. The van der Waals surface area contributed by atoms with Crippen LogP contribution in [0.15, 0.2) is 28.8 Å². The van der Waals surface area contributed by atoms with Crippen LogP contribution in [0.4, 0.5) is 0 Å². The zero-order valence-corrected chi connectivity index (χ0v) is 8.43. The molecule has 0 radical (unpaired) electrons. The number of rotatable bonds is 2. The molecular weight excluding hydrogens is 196 g/mol. The van der Waals surface area contributed by atoms with E-state index >= 15 is 0 Å². The highest BCUT2D eigenvalue weighted by molar-refractivity contribution is 5.61. The van der Waals surface area contributed by atoms with E-state index in [0.29, 0.717) is 11.4 Å². The van der Waals surface area contributed by atoms with Gasteiger partial charge in [0.15, 0.2) is 13.0 Å². The Morgan fingerprint density at radius 2 is 2.27 bits per heavy atom. The molecule has 0 aliphatic carbocycles. The fraction of sp³-hybridized carbons (Fsp3) is 0.200. The molecule has 0 N–H and O–H groups in total. The summed E-state index contributed by atoms with van der Waals surface area (Å²) in [6.45, 7) is 0. The predicted octanol–water partition coefficient (Wildman–Crippen LogP) is 0.248. The first-order valence-electron chi connectivity index (χ1n) is 4.40. The number of aromatic nitrogens is 2. The SMILES string of the molecule is COc1cccc(-c2c([O-])on[n+]2C)c1. The summed E-state index contributed by atoms with van der Waals surface area (Å²) >= 11 is 0. The molecule has 1 heterocycles. The highest BCUT2D eigenvalue weighted by Gasteiger charge is 2.15. The quantitative estimate of drug-likeness (QED) is 0.661. The van der Waals surface area contributed by atoms with E-state index in [2.05, 4.69) is 9.79 Å². The van der Waals surface area contributed by atoms with Gasteiger partial charge in [-0.05, 0) is 18.2 Å². The van der Waals surface area contributed by atoms with Crippen molar-refractivity contribution < 1.29 is 19.0 Å². The first-order chi connectivity index (χ1) is 7.22. The van der Waals surface area contributed by atoms with E-state index in [1.165, 1.54) is 4.68 Å². The Kier molecular flexibility index (Phi) is 2.29. The molecule has 0 unspecified atom stereocenters. The zero-order chi connectivity index (χ0) is 10.8. The molecule has 0 spiro atoms. The summed E-state index contributed by atoms with van der Waals surface area (Å²) < 4.78 is 11.0.